The van der Waals surface area contributed by atoms with Gasteiger partial charge in [0.25, 0.3) is 5.91 Å². The SMILES string of the molecule is C[C@@H]1CCC[C@H](C)N1C(=O)c1sc(NC2CCC2)nc1N. The van der Waals surface area contributed by atoms with E-state index in [0.717, 1.165) is 18.0 Å². The summed E-state index contributed by atoms with van der Waals surface area (Å²) in [6.45, 7) is 4.25. The number of thiazole rings is 1. The van der Waals surface area contributed by atoms with Crippen LogP contribution in [0.3, 0.4) is 0 Å². The van der Waals surface area contributed by atoms with E-state index in [0.29, 0.717) is 16.7 Å². The van der Waals surface area contributed by atoms with Crippen LogP contribution in [0.15, 0.2) is 0 Å². The smallest absolute Gasteiger partial charge is 0.268 e. The van der Waals surface area contributed by atoms with Gasteiger partial charge in [-0.1, -0.05) is 11.3 Å². The fourth-order valence-corrected chi connectivity index (χ4v) is 4.12. The first-order chi connectivity index (χ1) is 10.1. The first-order valence-corrected chi connectivity index (χ1v) is 8.73. The Morgan fingerprint density at radius 3 is 2.43 bits per heavy atom. The predicted molar refractivity (Wildman–Crippen MR) is 86.7 cm³/mol. The number of nitrogen functional groups attached to an aromatic ring is 1. The van der Waals surface area contributed by atoms with E-state index in [9.17, 15) is 4.79 Å². The van der Waals surface area contributed by atoms with Gasteiger partial charge in [0.15, 0.2) is 5.13 Å². The fourth-order valence-electron chi connectivity index (χ4n) is 3.21. The number of nitrogens with zero attached hydrogens (tertiary/aromatic N) is 2. The number of hydrogen-bond acceptors (Lipinski definition) is 5. The van der Waals surface area contributed by atoms with Crippen LogP contribution in [0.25, 0.3) is 0 Å². The average molecular weight is 308 g/mol. The Hall–Kier alpha value is -1.30. The second-order valence-electron chi connectivity index (χ2n) is 6.35. The first-order valence-electron chi connectivity index (χ1n) is 7.91. The Kier molecular flexibility index (Phi) is 4.06. The zero-order valence-corrected chi connectivity index (χ0v) is 13.6. The van der Waals surface area contributed by atoms with E-state index in [1.165, 1.54) is 37.0 Å². The van der Waals surface area contributed by atoms with Crippen molar-refractivity contribution in [1.29, 1.82) is 0 Å². The van der Waals surface area contributed by atoms with Gasteiger partial charge in [0, 0.05) is 18.1 Å². The van der Waals surface area contributed by atoms with Crippen LogP contribution < -0.4 is 11.1 Å². The molecule has 1 saturated heterocycles. The summed E-state index contributed by atoms with van der Waals surface area (Å²) in [5.74, 6) is 0.420. The molecule has 6 heteroatoms. The number of anilines is 2. The minimum Gasteiger partial charge on any atom is -0.382 e. The van der Waals surface area contributed by atoms with Gasteiger partial charge in [0.2, 0.25) is 0 Å². The maximum atomic E-state index is 12.8. The number of nitrogens with two attached hydrogens (primary N) is 1. The van der Waals surface area contributed by atoms with Gasteiger partial charge < -0.3 is 16.0 Å². The van der Waals surface area contributed by atoms with E-state index in [1.54, 1.807) is 0 Å². The molecule has 116 valence electrons. The van der Waals surface area contributed by atoms with Crippen LogP contribution in [0.4, 0.5) is 10.9 Å². The lowest BCUT2D eigenvalue weighted by molar-refractivity contribution is 0.0516. The van der Waals surface area contributed by atoms with E-state index in [2.05, 4.69) is 24.1 Å². The van der Waals surface area contributed by atoms with Gasteiger partial charge in [-0.05, 0) is 52.4 Å². The molecule has 1 saturated carbocycles. The van der Waals surface area contributed by atoms with Crippen LogP contribution in [0.2, 0.25) is 0 Å². The molecule has 0 bridgehead atoms. The van der Waals surface area contributed by atoms with Crippen molar-refractivity contribution < 1.29 is 4.79 Å². The molecule has 1 aromatic rings. The normalized spacial score (nSPS) is 26.5. The largest absolute Gasteiger partial charge is 0.382 e. The lowest BCUT2D eigenvalue weighted by atomic mass is 9.93. The molecule has 2 atom stereocenters. The molecule has 0 aromatic carbocycles. The highest BCUT2D eigenvalue weighted by molar-refractivity contribution is 7.18. The van der Waals surface area contributed by atoms with Gasteiger partial charge in [-0.2, -0.15) is 0 Å². The van der Waals surface area contributed by atoms with Crippen molar-refractivity contribution in [2.24, 2.45) is 0 Å². The van der Waals surface area contributed by atoms with Gasteiger partial charge >= 0.3 is 0 Å². The molecule has 1 aromatic heterocycles. The highest BCUT2D eigenvalue weighted by Crippen LogP contribution is 2.32. The molecule has 2 heterocycles. The van der Waals surface area contributed by atoms with Crippen LogP contribution >= 0.6 is 11.3 Å². The number of rotatable bonds is 3. The van der Waals surface area contributed by atoms with Crippen molar-refractivity contribution in [3.05, 3.63) is 4.88 Å². The van der Waals surface area contributed by atoms with Crippen LogP contribution in [0, 0.1) is 0 Å². The Morgan fingerprint density at radius 2 is 1.86 bits per heavy atom. The zero-order valence-electron chi connectivity index (χ0n) is 12.8. The molecule has 3 rings (SSSR count). The zero-order chi connectivity index (χ0) is 15.0. The third kappa shape index (κ3) is 2.86. The van der Waals surface area contributed by atoms with E-state index >= 15 is 0 Å². The predicted octanol–water partition coefficient (Wildman–Crippen LogP) is 3.09. The third-order valence-corrected chi connectivity index (χ3v) is 5.70. The van der Waals surface area contributed by atoms with Gasteiger partial charge in [-0.3, -0.25) is 4.79 Å². The summed E-state index contributed by atoms with van der Waals surface area (Å²) in [5, 5.41) is 4.17. The fraction of sp³-hybridized carbons (Fsp3) is 0.733. The van der Waals surface area contributed by atoms with Crippen molar-refractivity contribution in [3.8, 4) is 0 Å². The lowest BCUT2D eigenvalue weighted by Gasteiger charge is -2.38. The first kappa shape index (κ1) is 14.6. The summed E-state index contributed by atoms with van der Waals surface area (Å²) in [7, 11) is 0. The van der Waals surface area contributed by atoms with Crippen molar-refractivity contribution in [2.75, 3.05) is 11.1 Å². The summed E-state index contributed by atoms with van der Waals surface area (Å²) >= 11 is 1.40. The minimum absolute atomic E-state index is 0.0476. The number of likely N-dealkylation sites (tertiary alicyclic amines) is 1. The van der Waals surface area contributed by atoms with E-state index < -0.39 is 0 Å². The monoisotopic (exact) mass is 308 g/mol. The Bertz CT molecular complexity index is 516. The number of aromatic nitrogens is 1. The summed E-state index contributed by atoms with van der Waals surface area (Å²) in [5.41, 5.74) is 5.99. The molecular weight excluding hydrogens is 284 g/mol. The summed E-state index contributed by atoms with van der Waals surface area (Å²) in [6, 6.07) is 1.07. The molecule has 1 aliphatic heterocycles. The number of nitrogens with one attached hydrogen (secondary N) is 1. The van der Waals surface area contributed by atoms with Crippen molar-refractivity contribution in [1.82, 2.24) is 9.88 Å². The second kappa shape index (κ2) is 5.83. The van der Waals surface area contributed by atoms with Crippen molar-refractivity contribution in [2.45, 2.75) is 70.5 Å². The molecule has 2 fully saturated rings. The van der Waals surface area contributed by atoms with Crippen molar-refractivity contribution >= 4 is 28.2 Å². The Labute approximate surface area is 129 Å². The lowest BCUT2D eigenvalue weighted by Crippen LogP contribution is -2.47. The molecular formula is C15H24N4OS. The molecule has 1 aliphatic carbocycles. The quantitative estimate of drug-likeness (QED) is 0.900. The van der Waals surface area contributed by atoms with E-state index in [-0.39, 0.29) is 18.0 Å². The maximum absolute atomic E-state index is 12.8. The summed E-state index contributed by atoms with van der Waals surface area (Å²) in [4.78, 5) is 19.7. The van der Waals surface area contributed by atoms with Crippen molar-refractivity contribution in [3.63, 3.8) is 0 Å². The van der Waals surface area contributed by atoms with Gasteiger partial charge in [-0.25, -0.2) is 4.98 Å². The summed E-state index contributed by atoms with van der Waals surface area (Å²) in [6.07, 6.45) is 6.97. The van der Waals surface area contributed by atoms with Crippen LogP contribution in [-0.2, 0) is 0 Å². The number of amides is 1. The molecule has 2 aliphatic rings. The minimum atomic E-state index is 0.0476. The van der Waals surface area contributed by atoms with Crippen LogP contribution in [-0.4, -0.2) is 33.9 Å². The van der Waals surface area contributed by atoms with E-state index in [4.69, 9.17) is 5.73 Å². The number of carbonyl (C=O) groups excluding carboxylic acids is 1. The van der Waals surface area contributed by atoms with Gasteiger partial charge in [-0.15, -0.1) is 0 Å². The van der Waals surface area contributed by atoms with Gasteiger partial charge in [0.1, 0.15) is 10.7 Å². The summed E-state index contributed by atoms with van der Waals surface area (Å²) < 4.78 is 0. The molecule has 21 heavy (non-hydrogen) atoms. The highest BCUT2D eigenvalue weighted by atomic mass is 32.1. The van der Waals surface area contributed by atoms with Crippen LogP contribution in [0.1, 0.15) is 62.0 Å². The standard InChI is InChI=1S/C15H24N4OS/c1-9-5-3-6-10(2)19(9)14(20)12-13(16)18-15(21-12)17-11-7-4-8-11/h9-11H,3-8,16H2,1-2H3,(H,17,18)/t9-,10+. The number of carbonyl (C=O) groups is 1. The average Bonchev–Trinajstić information content (AvgIpc) is 2.75. The molecule has 0 spiro atoms. The second-order valence-corrected chi connectivity index (χ2v) is 7.35. The third-order valence-electron chi connectivity index (χ3n) is 4.71. The maximum Gasteiger partial charge on any atom is 0.268 e. The molecule has 0 radical (unpaired) electrons. The topological polar surface area (TPSA) is 71.2 Å². The number of hydrogen-bond donors (Lipinski definition) is 2. The molecule has 0 unspecified atom stereocenters. The Balaban J connectivity index is 1.76. The molecule has 3 N–H and O–H groups in total. The van der Waals surface area contributed by atoms with Crippen LogP contribution in [0.5, 0.6) is 0 Å². The molecule has 5 nitrogen and oxygen atoms in total. The Morgan fingerprint density at radius 1 is 1.24 bits per heavy atom. The number of piperidine rings is 1. The van der Waals surface area contributed by atoms with E-state index in [1.807, 2.05) is 4.90 Å². The van der Waals surface area contributed by atoms with Gasteiger partial charge in [0.05, 0.1) is 0 Å². The highest BCUT2D eigenvalue weighted by Gasteiger charge is 2.32. The molecule has 1 amide bonds.